The van der Waals surface area contributed by atoms with Crippen molar-refractivity contribution < 1.29 is 24.5 Å². The van der Waals surface area contributed by atoms with Gasteiger partial charge in [-0.15, -0.1) is 6.42 Å². The second-order valence-corrected chi connectivity index (χ2v) is 3.73. The predicted molar refractivity (Wildman–Crippen MR) is 64.0 cm³/mol. The van der Waals surface area contributed by atoms with Crippen LogP contribution < -0.4 is 0 Å². The molecular weight excluding hydrogens is 240 g/mol. The van der Waals surface area contributed by atoms with Crippen LogP contribution in [0.1, 0.15) is 0 Å². The van der Waals surface area contributed by atoms with Crippen LogP contribution in [0.15, 0.2) is 0 Å². The quantitative estimate of drug-likeness (QED) is 0.575. The first-order valence-electron chi connectivity index (χ1n) is 5.24. The van der Waals surface area contributed by atoms with E-state index >= 15 is 0 Å². The molecular formula is C11H18N2O5. The van der Waals surface area contributed by atoms with Gasteiger partial charge in [0.15, 0.2) is 0 Å². The van der Waals surface area contributed by atoms with Crippen LogP contribution >= 0.6 is 0 Å². The number of likely N-dealkylation sites (N-methyl/N-ethyl adjacent to an activating group) is 1. The normalized spacial score (nSPS) is 11.4. The number of carboxylic acid groups (broad SMARTS) is 1. The number of carboxylic acids is 1. The molecule has 0 saturated heterocycles. The molecule has 0 aliphatic heterocycles. The molecule has 2 amide bonds. The van der Waals surface area contributed by atoms with E-state index in [0.29, 0.717) is 0 Å². The molecule has 7 nitrogen and oxygen atoms in total. The Bertz CT molecular complexity index is 326. The lowest BCUT2D eigenvalue weighted by atomic mass is 10.3. The van der Waals surface area contributed by atoms with Gasteiger partial charge in [0.05, 0.1) is 25.8 Å². The molecule has 0 bridgehead atoms. The first kappa shape index (κ1) is 16.2. The molecule has 0 aromatic rings. The van der Waals surface area contributed by atoms with Crippen LogP contribution in [-0.4, -0.2) is 78.5 Å². The number of terminal acetylenes is 1. The zero-order chi connectivity index (χ0) is 14.1. The standard InChI is InChI=1S/C11H18N2O5/c1-4-5-13(7-10(15)16)11(17)12(2)6-9(14)8-18-3/h1,9,14H,5-8H2,2-3H3,(H,15,16). The van der Waals surface area contributed by atoms with Crippen LogP contribution in [0.5, 0.6) is 0 Å². The third-order valence-electron chi connectivity index (χ3n) is 2.05. The summed E-state index contributed by atoms with van der Waals surface area (Å²) in [5.41, 5.74) is 0. The molecule has 2 N–H and O–H groups in total. The van der Waals surface area contributed by atoms with Gasteiger partial charge in [0.2, 0.25) is 0 Å². The number of carbonyl (C=O) groups excluding carboxylic acids is 1. The van der Waals surface area contributed by atoms with Gasteiger partial charge in [0, 0.05) is 14.2 Å². The van der Waals surface area contributed by atoms with Crippen LogP contribution in [0.3, 0.4) is 0 Å². The molecule has 0 heterocycles. The first-order valence-corrected chi connectivity index (χ1v) is 5.24. The van der Waals surface area contributed by atoms with Gasteiger partial charge in [-0.1, -0.05) is 5.92 Å². The highest BCUT2D eigenvalue weighted by atomic mass is 16.5. The number of hydrogen-bond donors (Lipinski definition) is 2. The number of nitrogens with zero attached hydrogens (tertiary/aromatic N) is 2. The third-order valence-corrected chi connectivity index (χ3v) is 2.05. The molecule has 0 aromatic heterocycles. The van der Waals surface area contributed by atoms with Crippen LogP contribution in [0.25, 0.3) is 0 Å². The summed E-state index contributed by atoms with van der Waals surface area (Å²) < 4.78 is 4.73. The van der Waals surface area contributed by atoms with E-state index in [1.807, 2.05) is 0 Å². The Balaban J connectivity index is 4.46. The fourth-order valence-corrected chi connectivity index (χ4v) is 1.35. The number of rotatable bonds is 7. The monoisotopic (exact) mass is 258 g/mol. The molecule has 0 rings (SSSR count). The van der Waals surface area contributed by atoms with E-state index in [-0.39, 0.29) is 19.7 Å². The minimum Gasteiger partial charge on any atom is -0.480 e. The van der Waals surface area contributed by atoms with Gasteiger partial charge in [0.1, 0.15) is 6.54 Å². The summed E-state index contributed by atoms with van der Waals surface area (Å²) in [7, 11) is 2.88. The molecule has 0 fully saturated rings. The van der Waals surface area contributed by atoms with Crippen LogP contribution in [-0.2, 0) is 9.53 Å². The van der Waals surface area contributed by atoms with Crippen LogP contribution in [0.2, 0.25) is 0 Å². The third kappa shape index (κ3) is 6.08. The summed E-state index contributed by atoms with van der Waals surface area (Å²) in [5.74, 6) is 1.07. The second kappa shape index (κ2) is 8.33. The number of urea groups is 1. The van der Waals surface area contributed by atoms with E-state index in [0.717, 1.165) is 4.90 Å². The number of ether oxygens (including phenoxy) is 1. The van der Waals surface area contributed by atoms with E-state index in [9.17, 15) is 14.7 Å². The SMILES string of the molecule is C#CCN(CC(=O)O)C(=O)N(C)CC(O)COC. The Morgan fingerprint density at radius 1 is 1.50 bits per heavy atom. The zero-order valence-electron chi connectivity index (χ0n) is 10.5. The molecule has 0 aromatic carbocycles. The van der Waals surface area contributed by atoms with Crippen LogP contribution in [0.4, 0.5) is 4.79 Å². The summed E-state index contributed by atoms with van der Waals surface area (Å²) in [4.78, 5) is 24.6. The molecule has 1 unspecified atom stereocenters. The van der Waals surface area contributed by atoms with Gasteiger partial charge in [-0.2, -0.15) is 0 Å². The summed E-state index contributed by atoms with van der Waals surface area (Å²) >= 11 is 0. The Kier molecular flexibility index (Phi) is 7.51. The molecule has 1 atom stereocenters. The van der Waals surface area contributed by atoms with Crippen molar-refractivity contribution >= 4 is 12.0 Å². The highest BCUT2D eigenvalue weighted by molar-refractivity contribution is 5.80. The first-order chi connectivity index (χ1) is 8.42. The van der Waals surface area contributed by atoms with Crippen LogP contribution in [0, 0.1) is 12.3 Å². The lowest BCUT2D eigenvalue weighted by Crippen LogP contribution is -2.46. The molecule has 0 aliphatic carbocycles. The average molecular weight is 258 g/mol. The Labute approximate surface area is 106 Å². The zero-order valence-corrected chi connectivity index (χ0v) is 10.5. The lowest BCUT2D eigenvalue weighted by molar-refractivity contribution is -0.137. The highest BCUT2D eigenvalue weighted by Crippen LogP contribution is 1.99. The maximum atomic E-state index is 11.8. The Morgan fingerprint density at radius 2 is 2.11 bits per heavy atom. The largest absolute Gasteiger partial charge is 0.480 e. The van der Waals surface area contributed by atoms with Gasteiger partial charge in [-0.05, 0) is 0 Å². The summed E-state index contributed by atoms with van der Waals surface area (Å²) in [6.45, 7) is -0.456. The average Bonchev–Trinajstić information content (AvgIpc) is 2.27. The second-order valence-electron chi connectivity index (χ2n) is 3.73. The summed E-state index contributed by atoms with van der Waals surface area (Å²) in [5, 5.41) is 18.1. The van der Waals surface area contributed by atoms with Crippen molar-refractivity contribution in [2.45, 2.75) is 6.10 Å². The number of aliphatic hydroxyl groups is 1. The fraction of sp³-hybridized carbons (Fsp3) is 0.636. The summed E-state index contributed by atoms with van der Waals surface area (Å²) in [6, 6.07) is -0.550. The van der Waals surface area contributed by atoms with Crippen molar-refractivity contribution in [1.82, 2.24) is 9.80 Å². The van der Waals surface area contributed by atoms with E-state index in [1.165, 1.54) is 19.1 Å². The Morgan fingerprint density at radius 3 is 2.56 bits per heavy atom. The molecule has 0 saturated carbocycles. The molecule has 7 heteroatoms. The van der Waals surface area contributed by atoms with Crippen molar-refractivity contribution in [3.05, 3.63) is 0 Å². The topological polar surface area (TPSA) is 90.3 Å². The van der Waals surface area contributed by atoms with Crippen molar-refractivity contribution in [2.24, 2.45) is 0 Å². The van der Waals surface area contributed by atoms with Crippen molar-refractivity contribution in [1.29, 1.82) is 0 Å². The van der Waals surface area contributed by atoms with Crippen molar-refractivity contribution in [2.75, 3.05) is 40.4 Å². The van der Waals surface area contributed by atoms with Gasteiger partial charge >= 0.3 is 12.0 Å². The number of methoxy groups -OCH3 is 1. The smallest absolute Gasteiger partial charge is 0.323 e. The lowest BCUT2D eigenvalue weighted by Gasteiger charge is -2.26. The van der Waals surface area contributed by atoms with Gasteiger partial charge in [-0.25, -0.2) is 4.79 Å². The molecule has 0 spiro atoms. The summed E-state index contributed by atoms with van der Waals surface area (Å²) in [6.07, 6.45) is 4.24. The maximum Gasteiger partial charge on any atom is 0.323 e. The van der Waals surface area contributed by atoms with E-state index in [4.69, 9.17) is 16.3 Å². The maximum absolute atomic E-state index is 11.8. The molecule has 0 radical (unpaired) electrons. The van der Waals surface area contributed by atoms with Crippen molar-refractivity contribution in [3.63, 3.8) is 0 Å². The Hall–Kier alpha value is -1.78. The van der Waals surface area contributed by atoms with Gasteiger partial charge in [-0.3, -0.25) is 4.79 Å². The van der Waals surface area contributed by atoms with E-state index in [1.54, 1.807) is 0 Å². The minimum atomic E-state index is -1.15. The van der Waals surface area contributed by atoms with Gasteiger partial charge in [0.25, 0.3) is 0 Å². The molecule has 18 heavy (non-hydrogen) atoms. The van der Waals surface area contributed by atoms with E-state index < -0.39 is 24.6 Å². The number of amides is 2. The predicted octanol–water partition coefficient (Wildman–Crippen LogP) is -0.935. The van der Waals surface area contributed by atoms with E-state index in [2.05, 4.69) is 5.92 Å². The highest BCUT2D eigenvalue weighted by Gasteiger charge is 2.21. The van der Waals surface area contributed by atoms with Crippen molar-refractivity contribution in [3.8, 4) is 12.3 Å². The number of hydrogen-bond acceptors (Lipinski definition) is 4. The minimum absolute atomic E-state index is 0.0351. The number of aliphatic hydroxyl groups excluding tert-OH is 1. The number of aliphatic carboxylic acids is 1. The number of carbonyl (C=O) groups is 2. The fourth-order valence-electron chi connectivity index (χ4n) is 1.35. The molecule has 0 aliphatic rings. The van der Waals surface area contributed by atoms with Gasteiger partial charge < -0.3 is 24.7 Å². The molecule has 102 valence electrons.